The van der Waals surface area contributed by atoms with Crippen LogP contribution in [-0.2, 0) is 45.4 Å². The van der Waals surface area contributed by atoms with E-state index >= 15 is 0 Å². The Bertz CT molecular complexity index is 2330. The van der Waals surface area contributed by atoms with Gasteiger partial charge in [0.1, 0.15) is 47.0 Å². The molecule has 6 rings (SSSR count). The van der Waals surface area contributed by atoms with Crippen LogP contribution in [0, 0.1) is 0 Å². The van der Waals surface area contributed by atoms with Gasteiger partial charge in [0, 0.05) is 37.7 Å². The fourth-order valence-electron chi connectivity index (χ4n) is 4.98. The lowest BCUT2D eigenvalue weighted by molar-refractivity contribution is -0.143. The van der Waals surface area contributed by atoms with E-state index in [9.17, 15) is 28.8 Å². The molecule has 0 spiro atoms. The summed E-state index contributed by atoms with van der Waals surface area (Å²) in [5, 5.41) is 1.03. The highest BCUT2D eigenvalue weighted by atomic mass is 35.5. The third-order valence-corrected chi connectivity index (χ3v) is 7.61. The molecule has 0 aliphatic heterocycles. The number of hydrogen-bond acceptors (Lipinski definition) is 14. The summed E-state index contributed by atoms with van der Waals surface area (Å²) in [6.45, 7) is 3.39. The van der Waals surface area contributed by atoms with Crippen molar-refractivity contribution in [2.75, 3.05) is 0 Å². The molecule has 0 saturated heterocycles. The Hall–Kier alpha value is -6.36. The second-order valence-corrected chi connectivity index (χ2v) is 11.7. The van der Waals surface area contributed by atoms with Gasteiger partial charge in [-0.3, -0.25) is 9.59 Å². The van der Waals surface area contributed by atoms with Crippen molar-refractivity contribution in [1.82, 2.24) is 0 Å². The highest BCUT2D eigenvalue weighted by molar-refractivity contribution is 5.95. The molecule has 0 amide bonds. The van der Waals surface area contributed by atoms with Gasteiger partial charge < -0.3 is 44.7 Å². The van der Waals surface area contributed by atoms with Crippen molar-refractivity contribution in [2.24, 2.45) is 11.5 Å². The zero-order valence-electron chi connectivity index (χ0n) is 30.4. The molecule has 300 valence electrons. The molecular formula is C40H38Cl2N2O13. The van der Waals surface area contributed by atoms with Crippen LogP contribution in [-0.4, -0.2) is 29.4 Å². The van der Waals surface area contributed by atoms with E-state index in [4.69, 9.17) is 39.2 Å². The minimum absolute atomic E-state index is 0. The standard InChI is InChI=1S/2C20H17NO6.2ClH.H2O/c2*1-12(22)25-11-14-5-6-18-15(7-14)9-17(20(24)27-18)19(23)26-16-4-2-3-13(8-16)10-21;;;/h2*2-9H,10-11,21H2,1H3;2*1H;1H2. The maximum Gasteiger partial charge on any atom is 0.351 e. The smallest absolute Gasteiger partial charge is 0.351 e. The first-order valence-corrected chi connectivity index (χ1v) is 16.3. The molecule has 15 nitrogen and oxygen atoms in total. The number of ether oxygens (including phenoxy) is 4. The summed E-state index contributed by atoms with van der Waals surface area (Å²) in [5.74, 6) is -1.90. The van der Waals surface area contributed by atoms with E-state index in [0.717, 1.165) is 11.1 Å². The third-order valence-electron chi connectivity index (χ3n) is 7.61. The van der Waals surface area contributed by atoms with Gasteiger partial charge in [-0.15, -0.1) is 24.8 Å². The van der Waals surface area contributed by atoms with E-state index in [1.807, 2.05) is 0 Å². The molecule has 0 atom stereocenters. The lowest BCUT2D eigenvalue weighted by Crippen LogP contribution is -2.18. The van der Waals surface area contributed by atoms with Gasteiger partial charge >= 0.3 is 35.1 Å². The van der Waals surface area contributed by atoms with Crippen LogP contribution in [0.4, 0.5) is 0 Å². The van der Waals surface area contributed by atoms with Crippen LogP contribution in [0.15, 0.2) is 115 Å². The Labute approximate surface area is 336 Å². The molecule has 0 saturated carbocycles. The van der Waals surface area contributed by atoms with Gasteiger partial charge in [-0.05, 0) is 82.9 Å². The lowest BCUT2D eigenvalue weighted by Gasteiger charge is -2.07. The second kappa shape index (κ2) is 21.7. The number of hydrogen-bond donors (Lipinski definition) is 2. The number of rotatable bonds is 10. The van der Waals surface area contributed by atoms with Gasteiger partial charge in [0.2, 0.25) is 0 Å². The summed E-state index contributed by atoms with van der Waals surface area (Å²) in [7, 11) is 0. The van der Waals surface area contributed by atoms with E-state index < -0.39 is 35.1 Å². The average Bonchev–Trinajstić information content (AvgIpc) is 3.16. The lowest BCUT2D eigenvalue weighted by atomic mass is 10.1. The van der Waals surface area contributed by atoms with E-state index in [-0.39, 0.29) is 66.1 Å². The summed E-state index contributed by atoms with van der Waals surface area (Å²) in [6.07, 6.45) is 0. The zero-order valence-corrected chi connectivity index (χ0v) is 32.1. The van der Waals surface area contributed by atoms with Crippen molar-refractivity contribution in [1.29, 1.82) is 0 Å². The molecule has 0 radical (unpaired) electrons. The molecule has 6 aromatic rings. The van der Waals surface area contributed by atoms with Crippen LogP contribution in [0.25, 0.3) is 21.9 Å². The minimum Gasteiger partial charge on any atom is -0.461 e. The van der Waals surface area contributed by atoms with Gasteiger partial charge in [0.15, 0.2) is 0 Å². The van der Waals surface area contributed by atoms with Crippen LogP contribution in [0.3, 0.4) is 0 Å². The van der Waals surface area contributed by atoms with Crippen LogP contribution < -0.4 is 32.2 Å². The van der Waals surface area contributed by atoms with Crippen molar-refractivity contribution < 1.29 is 52.4 Å². The van der Waals surface area contributed by atoms with Crippen molar-refractivity contribution in [2.45, 2.75) is 40.2 Å². The number of benzene rings is 4. The molecule has 0 fully saturated rings. The number of halogens is 2. The summed E-state index contributed by atoms with van der Waals surface area (Å²) in [6, 6.07) is 26.1. The van der Waals surface area contributed by atoms with Crippen LogP contribution >= 0.6 is 24.8 Å². The van der Waals surface area contributed by atoms with Gasteiger partial charge in [-0.1, -0.05) is 36.4 Å². The SMILES string of the molecule is CC(=O)OCc1ccc2oc(=O)c(C(=O)Oc3cccc(CN)c3)cc2c1.CC(=O)OCc1ccc2oc(=O)c(C(=O)Oc3cccc(CN)c3)cc2c1.Cl.Cl.O. The van der Waals surface area contributed by atoms with Gasteiger partial charge in [0.05, 0.1) is 0 Å². The molecule has 4 aromatic carbocycles. The van der Waals surface area contributed by atoms with E-state index in [2.05, 4.69) is 0 Å². The Kier molecular flexibility index (Phi) is 17.8. The Balaban J connectivity index is 0.000000374. The van der Waals surface area contributed by atoms with Gasteiger partial charge in [-0.25, -0.2) is 19.2 Å². The number of esters is 4. The fourth-order valence-corrected chi connectivity index (χ4v) is 4.98. The summed E-state index contributed by atoms with van der Waals surface area (Å²) >= 11 is 0. The van der Waals surface area contributed by atoms with Crippen LogP contribution in [0.5, 0.6) is 11.5 Å². The number of carbonyl (C=O) groups excluding carboxylic acids is 4. The predicted molar refractivity (Wildman–Crippen MR) is 213 cm³/mol. The Morgan fingerprint density at radius 3 is 1.28 bits per heavy atom. The average molecular weight is 826 g/mol. The maximum atomic E-state index is 12.4. The van der Waals surface area contributed by atoms with Gasteiger partial charge in [0.25, 0.3) is 0 Å². The second-order valence-electron chi connectivity index (χ2n) is 11.7. The third kappa shape index (κ3) is 12.8. The zero-order chi connectivity index (χ0) is 38.8. The molecule has 0 aliphatic rings. The largest absolute Gasteiger partial charge is 0.461 e. The molecule has 0 unspecified atom stereocenters. The highest BCUT2D eigenvalue weighted by Crippen LogP contribution is 2.21. The Morgan fingerprint density at radius 1 is 0.544 bits per heavy atom. The van der Waals surface area contributed by atoms with Crippen molar-refractivity contribution in [3.8, 4) is 11.5 Å². The molecule has 0 bridgehead atoms. The fraction of sp³-hybridized carbons (Fsp3) is 0.150. The van der Waals surface area contributed by atoms with E-state index in [1.165, 1.54) is 26.0 Å². The van der Waals surface area contributed by atoms with Crippen molar-refractivity contribution in [3.63, 3.8) is 0 Å². The summed E-state index contributed by atoms with van der Waals surface area (Å²) in [5.41, 5.74) is 12.7. The molecule has 6 N–H and O–H groups in total. The molecule has 2 heterocycles. The maximum absolute atomic E-state index is 12.4. The number of carbonyl (C=O) groups is 4. The molecule has 57 heavy (non-hydrogen) atoms. The monoisotopic (exact) mass is 824 g/mol. The van der Waals surface area contributed by atoms with Crippen LogP contribution in [0.1, 0.15) is 56.8 Å². The van der Waals surface area contributed by atoms with Crippen molar-refractivity contribution >= 4 is 70.6 Å². The molecule has 2 aromatic heterocycles. The molecule has 0 aliphatic carbocycles. The van der Waals surface area contributed by atoms with E-state index in [1.54, 1.807) is 84.9 Å². The first-order valence-electron chi connectivity index (χ1n) is 16.3. The normalized spacial score (nSPS) is 10.0. The summed E-state index contributed by atoms with van der Waals surface area (Å²) in [4.78, 5) is 70.9. The highest BCUT2D eigenvalue weighted by Gasteiger charge is 2.18. The summed E-state index contributed by atoms with van der Waals surface area (Å²) < 4.78 is 30.8. The number of nitrogens with two attached hydrogens (primary N) is 2. The van der Waals surface area contributed by atoms with Gasteiger partial charge in [-0.2, -0.15) is 0 Å². The minimum atomic E-state index is -0.829. The van der Waals surface area contributed by atoms with Crippen LogP contribution in [0.2, 0.25) is 0 Å². The Morgan fingerprint density at radius 2 is 0.930 bits per heavy atom. The van der Waals surface area contributed by atoms with Crippen molar-refractivity contribution in [3.05, 3.63) is 151 Å². The molecular weight excluding hydrogens is 787 g/mol. The number of fused-ring (bicyclic) bond motifs is 2. The predicted octanol–water partition coefficient (Wildman–Crippen LogP) is 5.09. The quantitative estimate of drug-likeness (QED) is 0.104. The van der Waals surface area contributed by atoms with E-state index in [0.29, 0.717) is 46.2 Å². The first kappa shape index (κ1) is 46.8. The first-order chi connectivity index (χ1) is 25.9. The molecule has 17 heteroatoms. The topological polar surface area (TPSA) is 249 Å².